The van der Waals surface area contributed by atoms with Crippen LogP contribution in [0.3, 0.4) is 0 Å². The molecule has 31 heavy (non-hydrogen) atoms. The molecule has 0 aliphatic carbocycles. The fraction of sp³-hybridized carbons (Fsp3) is 0.0800. The summed E-state index contributed by atoms with van der Waals surface area (Å²) in [5.74, 6) is -0.272. The third-order valence-corrected chi connectivity index (χ3v) is 6.09. The normalized spacial score (nSPS) is 11.2. The predicted molar refractivity (Wildman–Crippen MR) is 133 cm³/mol. The van der Waals surface area contributed by atoms with Crippen molar-refractivity contribution in [2.75, 3.05) is 4.90 Å². The highest BCUT2D eigenvalue weighted by Crippen LogP contribution is 2.30. The van der Waals surface area contributed by atoms with Gasteiger partial charge < -0.3 is 10.6 Å². The highest BCUT2D eigenvalue weighted by Gasteiger charge is 2.19. The number of hydrogen-bond acceptors (Lipinski definition) is 3. The van der Waals surface area contributed by atoms with E-state index in [1.54, 1.807) is 28.5 Å². The number of hydrogen-bond donors (Lipinski definition) is 1. The Morgan fingerprint density at radius 1 is 0.935 bits per heavy atom. The topological polar surface area (TPSA) is 46.3 Å². The van der Waals surface area contributed by atoms with Gasteiger partial charge in [-0.3, -0.25) is 4.79 Å². The molecule has 0 saturated carbocycles. The van der Waals surface area contributed by atoms with Crippen LogP contribution < -0.4 is 10.6 Å². The zero-order valence-corrected chi connectivity index (χ0v) is 19.1. The van der Waals surface area contributed by atoms with Crippen molar-refractivity contribution < 1.29 is 4.79 Å². The SMILES string of the molecule is C=C(Cc1c(Cl)cccc1Cl)S/C=C(\N)C(=O)N(Cc1ccccc1)c1ccccc1. The Morgan fingerprint density at radius 2 is 1.52 bits per heavy atom. The van der Waals surface area contributed by atoms with Gasteiger partial charge in [-0.15, -0.1) is 11.8 Å². The second-order valence-corrected chi connectivity index (χ2v) is 8.68. The van der Waals surface area contributed by atoms with Crippen molar-refractivity contribution in [2.45, 2.75) is 13.0 Å². The third kappa shape index (κ3) is 6.41. The molecule has 0 radical (unpaired) electrons. The average Bonchev–Trinajstić information content (AvgIpc) is 2.79. The Hall–Kier alpha value is -2.66. The monoisotopic (exact) mass is 468 g/mol. The Morgan fingerprint density at radius 3 is 2.13 bits per heavy atom. The van der Waals surface area contributed by atoms with Crippen LogP contribution in [-0.4, -0.2) is 5.91 Å². The van der Waals surface area contributed by atoms with Gasteiger partial charge in [0, 0.05) is 27.6 Å². The van der Waals surface area contributed by atoms with Crippen LogP contribution in [0.5, 0.6) is 0 Å². The summed E-state index contributed by atoms with van der Waals surface area (Å²) in [6, 6.07) is 24.6. The number of amides is 1. The van der Waals surface area contributed by atoms with Crippen molar-refractivity contribution >= 4 is 46.6 Å². The Bertz CT molecular complexity index is 1060. The minimum absolute atomic E-state index is 0.135. The molecule has 0 aliphatic heterocycles. The maximum Gasteiger partial charge on any atom is 0.274 e. The Labute approximate surface area is 197 Å². The molecule has 3 nitrogen and oxygen atoms in total. The van der Waals surface area contributed by atoms with Gasteiger partial charge in [-0.1, -0.05) is 84.4 Å². The van der Waals surface area contributed by atoms with Gasteiger partial charge in [0.15, 0.2) is 0 Å². The summed E-state index contributed by atoms with van der Waals surface area (Å²) in [4.78, 5) is 15.6. The van der Waals surface area contributed by atoms with Gasteiger partial charge in [-0.25, -0.2) is 0 Å². The van der Waals surface area contributed by atoms with Crippen molar-refractivity contribution in [3.63, 3.8) is 0 Å². The van der Waals surface area contributed by atoms with Gasteiger partial charge in [0.25, 0.3) is 5.91 Å². The molecular formula is C25H22Cl2N2OS. The summed E-state index contributed by atoms with van der Waals surface area (Å²) in [5, 5.41) is 2.79. The average molecular weight is 469 g/mol. The standard InChI is InChI=1S/C25H22Cl2N2OS/c1-18(15-21-22(26)13-8-14-23(21)27)31-17-24(28)25(30)29(20-11-6-3-7-12-20)16-19-9-4-2-5-10-19/h2-14,17H,1,15-16,28H2/b24-17-. The summed E-state index contributed by atoms with van der Waals surface area (Å²) in [6.45, 7) is 4.47. The molecule has 2 N–H and O–H groups in total. The second-order valence-electron chi connectivity index (χ2n) is 6.82. The third-order valence-electron chi connectivity index (χ3n) is 4.53. The van der Waals surface area contributed by atoms with Crippen LogP contribution >= 0.6 is 35.0 Å². The van der Waals surface area contributed by atoms with Crippen molar-refractivity contribution in [2.24, 2.45) is 5.73 Å². The highest BCUT2D eigenvalue weighted by atomic mass is 35.5. The number of benzene rings is 3. The van der Waals surface area contributed by atoms with Crippen molar-refractivity contribution in [3.05, 3.63) is 123 Å². The molecule has 158 valence electrons. The van der Waals surface area contributed by atoms with E-state index in [9.17, 15) is 4.79 Å². The number of thioether (sulfide) groups is 1. The summed E-state index contributed by atoms with van der Waals surface area (Å²) < 4.78 is 0. The minimum Gasteiger partial charge on any atom is -0.394 e. The summed E-state index contributed by atoms with van der Waals surface area (Å²) in [6.07, 6.45) is 0.480. The molecule has 0 bridgehead atoms. The number of carbonyl (C=O) groups excluding carboxylic acids is 1. The van der Waals surface area contributed by atoms with Crippen molar-refractivity contribution in [1.82, 2.24) is 0 Å². The first-order valence-corrected chi connectivity index (χ1v) is 11.2. The molecular weight excluding hydrogens is 447 g/mol. The lowest BCUT2D eigenvalue weighted by atomic mass is 10.1. The summed E-state index contributed by atoms with van der Waals surface area (Å²) >= 11 is 13.8. The number of anilines is 1. The number of allylic oxidation sites excluding steroid dienone is 1. The fourth-order valence-corrected chi connectivity index (χ4v) is 4.10. The van der Waals surface area contributed by atoms with E-state index in [2.05, 4.69) is 6.58 Å². The van der Waals surface area contributed by atoms with E-state index in [0.29, 0.717) is 23.0 Å². The van der Waals surface area contributed by atoms with E-state index < -0.39 is 0 Å². The molecule has 3 aromatic carbocycles. The first kappa shape index (κ1) is 23.0. The molecule has 3 rings (SSSR count). The molecule has 0 unspecified atom stereocenters. The quantitative estimate of drug-likeness (QED) is 0.369. The van der Waals surface area contributed by atoms with E-state index in [4.69, 9.17) is 28.9 Å². The van der Waals surface area contributed by atoms with Crippen LogP contribution in [0.2, 0.25) is 10.0 Å². The maximum absolute atomic E-state index is 13.2. The summed E-state index contributed by atoms with van der Waals surface area (Å²) in [7, 11) is 0. The van der Waals surface area contributed by atoms with Gasteiger partial charge in [0.1, 0.15) is 5.70 Å². The molecule has 0 atom stereocenters. The van der Waals surface area contributed by atoms with Crippen molar-refractivity contribution in [3.8, 4) is 0 Å². The van der Waals surface area contributed by atoms with Crippen LogP contribution in [0.15, 0.2) is 101 Å². The first-order chi connectivity index (χ1) is 15.0. The van der Waals surface area contributed by atoms with Crippen LogP contribution in [0.1, 0.15) is 11.1 Å². The zero-order valence-electron chi connectivity index (χ0n) is 16.8. The van der Waals surface area contributed by atoms with Gasteiger partial charge in [0.05, 0.1) is 6.54 Å². The number of rotatable bonds is 8. The number of nitrogens with two attached hydrogens (primary N) is 1. The largest absolute Gasteiger partial charge is 0.394 e. The lowest BCUT2D eigenvalue weighted by Gasteiger charge is -2.23. The smallest absolute Gasteiger partial charge is 0.274 e. The van der Waals surface area contributed by atoms with Gasteiger partial charge in [-0.2, -0.15) is 0 Å². The molecule has 0 heterocycles. The van der Waals surface area contributed by atoms with E-state index in [0.717, 1.165) is 21.7 Å². The maximum atomic E-state index is 13.2. The first-order valence-electron chi connectivity index (χ1n) is 9.59. The van der Waals surface area contributed by atoms with E-state index in [1.807, 2.05) is 60.7 Å². The molecule has 3 aromatic rings. The van der Waals surface area contributed by atoms with E-state index in [1.165, 1.54) is 11.8 Å². The number of carbonyl (C=O) groups is 1. The number of para-hydroxylation sites is 1. The van der Waals surface area contributed by atoms with Crippen LogP contribution in [0, 0.1) is 0 Å². The Balaban J connectivity index is 1.74. The number of halogens is 2. The number of nitrogens with zero attached hydrogens (tertiary/aromatic N) is 1. The molecule has 0 aliphatic rings. The zero-order chi connectivity index (χ0) is 22.2. The summed E-state index contributed by atoms with van der Waals surface area (Å²) in [5.41, 5.74) is 8.89. The molecule has 1 amide bonds. The van der Waals surface area contributed by atoms with Crippen molar-refractivity contribution in [1.29, 1.82) is 0 Å². The predicted octanol–water partition coefficient (Wildman–Crippen LogP) is 6.82. The van der Waals surface area contributed by atoms with Crippen LogP contribution in [-0.2, 0) is 17.8 Å². The van der Waals surface area contributed by atoms with Gasteiger partial charge in [0.2, 0.25) is 0 Å². The van der Waals surface area contributed by atoms with Crippen LogP contribution in [0.25, 0.3) is 0 Å². The Kier molecular flexibility index (Phi) is 8.24. The molecule has 0 aromatic heterocycles. The second kappa shape index (κ2) is 11.1. The van der Waals surface area contributed by atoms with Gasteiger partial charge in [-0.05, 0) is 40.3 Å². The lowest BCUT2D eigenvalue weighted by Crippen LogP contribution is -2.34. The molecule has 0 saturated heterocycles. The molecule has 0 fully saturated rings. The lowest BCUT2D eigenvalue weighted by molar-refractivity contribution is -0.115. The van der Waals surface area contributed by atoms with Crippen LogP contribution in [0.4, 0.5) is 5.69 Å². The highest BCUT2D eigenvalue weighted by molar-refractivity contribution is 8.05. The molecule has 6 heteroatoms. The fourth-order valence-electron chi connectivity index (χ4n) is 2.95. The molecule has 0 spiro atoms. The van der Waals surface area contributed by atoms with Gasteiger partial charge >= 0.3 is 0 Å². The minimum atomic E-state index is -0.272. The van der Waals surface area contributed by atoms with E-state index in [-0.39, 0.29) is 11.6 Å². The van der Waals surface area contributed by atoms with E-state index >= 15 is 0 Å².